The SMILES string of the molecule is CC(=O)/C=C1/CC(=O)c2ccccc21. The molecule has 0 saturated heterocycles. The molecule has 0 bridgehead atoms. The lowest BCUT2D eigenvalue weighted by atomic mass is 10.1. The summed E-state index contributed by atoms with van der Waals surface area (Å²) < 4.78 is 0. The van der Waals surface area contributed by atoms with Crippen LogP contribution in [-0.2, 0) is 4.79 Å². The second kappa shape index (κ2) is 3.22. The third-order valence-corrected chi connectivity index (χ3v) is 2.30. The quantitative estimate of drug-likeness (QED) is 0.630. The second-order valence-corrected chi connectivity index (χ2v) is 3.43. The van der Waals surface area contributed by atoms with Gasteiger partial charge >= 0.3 is 0 Å². The lowest BCUT2D eigenvalue weighted by molar-refractivity contribution is -0.112. The number of hydrogen-bond donors (Lipinski definition) is 0. The number of hydrogen-bond acceptors (Lipinski definition) is 2. The standard InChI is InChI=1S/C12H10O2/c1-8(13)6-9-7-12(14)11-5-3-2-4-10(9)11/h2-6H,7H2,1H3/b9-6-. The second-order valence-electron chi connectivity index (χ2n) is 3.43. The van der Waals surface area contributed by atoms with Crippen LogP contribution in [0.25, 0.3) is 5.57 Å². The molecular formula is C12H10O2. The molecule has 1 aromatic rings. The number of carbonyl (C=O) groups excluding carboxylic acids is 2. The molecule has 70 valence electrons. The Morgan fingerprint density at radius 2 is 1.93 bits per heavy atom. The number of rotatable bonds is 1. The van der Waals surface area contributed by atoms with Crippen molar-refractivity contribution >= 4 is 17.1 Å². The van der Waals surface area contributed by atoms with E-state index in [1.54, 1.807) is 12.1 Å². The summed E-state index contributed by atoms with van der Waals surface area (Å²) in [7, 11) is 0. The molecule has 0 radical (unpaired) electrons. The van der Waals surface area contributed by atoms with E-state index in [2.05, 4.69) is 0 Å². The first-order chi connectivity index (χ1) is 6.68. The highest BCUT2D eigenvalue weighted by atomic mass is 16.1. The van der Waals surface area contributed by atoms with Gasteiger partial charge in [-0.25, -0.2) is 0 Å². The highest BCUT2D eigenvalue weighted by Gasteiger charge is 2.23. The van der Waals surface area contributed by atoms with E-state index in [-0.39, 0.29) is 11.6 Å². The fourth-order valence-electron chi connectivity index (χ4n) is 1.74. The summed E-state index contributed by atoms with van der Waals surface area (Å²) in [5.74, 6) is 0.0950. The van der Waals surface area contributed by atoms with Crippen molar-refractivity contribution in [2.24, 2.45) is 0 Å². The van der Waals surface area contributed by atoms with E-state index in [1.807, 2.05) is 18.2 Å². The first-order valence-electron chi connectivity index (χ1n) is 4.52. The van der Waals surface area contributed by atoms with Crippen LogP contribution < -0.4 is 0 Å². The van der Waals surface area contributed by atoms with Crippen molar-refractivity contribution in [2.45, 2.75) is 13.3 Å². The lowest BCUT2D eigenvalue weighted by Gasteiger charge is -1.96. The molecule has 0 saturated carbocycles. The molecule has 0 heterocycles. The highest BCUT2D eigenvalue weighted by molar-refractivity contribution is 6.14. The van der Waals surface area contributed by atoms with E-state index in [1.165, 1.54) is 6.92 Å². The van der Waals surface area contributed by atoms with Crippen LogP contribution in [0.3, 0.4) is 0 Å². The highest BCUT2D eigenvalue weighted by Crippen LogP contribution is 2.31. The van der Waals surface area contributed by atoms with Gasteiger partial charge in [0.15, 0.2) is 11.6 Å². The van der Waals surface area contributed by atoms with Gasteiger partial charge in [-0.2, -0.15) is 0 Å². The summed E-state index contributed by atoms with van der Waals surface area (Å²) in [4.78, 5) is 22.4. The predicted octanol–water partition coefficient (Wildman–Crippen LogP) is 2.25. The maximum Gasteiger partial charge on any atom is 0.167 e. The molecule has 0 aliphatic heterocycles. The predicted molar refractivity (Wildman–Crippen MR) is 54.0 cm³/mol. The van der Waals surface area contributed by atoms with Gasteiger partial charge in [0.2, 0.25) is 0 Å². The van der Waals surface area contributed by atoms with Crippen LogP contribution in [-0.4, -0.2) is 11.6 Å². The van der Waals surface area contributed by atoms with Crippen molar-refractivity contribution in [2.75, 3.05) is 0 Å². The molecule has 1 aliphatic carbocycles. The summed E-state index contributed by atoms with van der Waals surface area (Å²) in [5, 5.41) is 0. The fraction of sp³-hybridized carbons (Fsp3) is 0.167. The largest absolute Gasteiger partial charge is 0.295 e. The molecule has 0 amide bonds. The Balaban J connectivity index is 2.54. The minimum atomic E-state index is -0.00972. The number of allylic oxidation sites excluding steroid dienone is 2. The van der Waals surface area contributed by atoms with Gasteiger partial charge in [-0.3, -0.25) is 9.59 Å². The molecule has 1 aromatic carbocycles. The van der Waals surface area contributed by atoms with E-state index in [0.29, 0.717) is 6.42 Å². The summed E-state index contributed by atoms with van der Waals surface area (Å²) in [5.41, 5.74) is 2.49. The molecule has 2 rings (SSSR count). The number of ketones is 2. The number of benzene rings is 1. The molecular weight excluding hydrogens is 176 g/mol. The van der Waals surface area contributed by atoms with E-state index in [0.717, 1.165) is 16.7 Å². The van der Waals surface area contributed by atoms with Crippen LogP contribution in [0.5, 0.6) is 0 Å². The normalized spacial score (nSPS) is 17.2. The Morgan fingerprint density at radius 1 is 1.29 bits per heavy atom. The first-order valence-corrected chi connectivity index (χ1v) is 4.52. The molecule has 14 heavy (non-hydrogen) atoms. The minimum Gasteiger partial charge on any atom is -0.295 e. The molecule has 2 heteroatoms. The van der Waals surface area contributed by atoms with E-state index in [9.17, 15) is 9.59 Å². The minimum absolute atomic E-state index is 0.00972. The van der Waals surface area contributed by atoms with Gasteiger partial charge < -0.3 is 0 Å². The van der Waals surface area contributed by atoms with Crippen molar-refractivity contribution in [3.63, 3.8) is 0 Å². The Labute approximate surface area is 82.2 Å². The average Bonchev–Trinajstić information content (AvgIpc) is 2.44. The third-order valence-electron chi connectivity index (χ3n) is 2.30. The van der Waals surface area contributed by atoms with E-state index >= 15 is 0 Å². The molecule has 0 aromatic heterocycles. The Kier molecular flexibility index (Phi) is 2.04. The Morgan fingerprint density at radius 3 is 2.57 bits per heavy atom. The topological polar surface area (TPSA) is 34.1 Å². The Hall–Kier alpha value is -1.70. The van der Waals surface area contributed by atoms with Crippen molar-refractivity contribution in [3.05, 3.63) is 41.5 Å². The van der Waals surface area contributed by atoms with Crippen LogP contribution in [0, 0.1) is 0 Å². The van der Waals surface area contributed by atoms with Crippen LogP contribution in [0.1, 0.15) is 29.3 Å². The van der Waals surface area contributed by atoms with Crippen LogP contribution in [0.15, 0.2) is 30.3 Å². The maximum absolute atomic E-state index is 11.5. The molecule has 0 unspecified atom stereocenters. The zero-order chi connectivity index (χ0) is 10.1. The number of Topliss-reactive ketones (excluding diaryl/α,β-unsaturated/α-hetero) is 1. The van der Waals surface area contributed by atoms with Crippen LogP contribution >= 0.6 is 0 Å². The van der Waals surface area contributed by atoms with Crippen molar-refractivity contribution < 1.29 is 9.59 Å². The fourth-order valence-corrected chi connectivity index (χ4v) is 1.74. The zero-order valence-electron chi connectivity index (χ0n) is 7.91. The van der Waals surface area contributed by atoms with Gasteiger partial charge in [0, 0.05) is 12.0 Å². The summed E-state index contributed by atoms with van der Waals surface area (Å²) in [6.07, 6.45) is 1.91. The number of fused-ring (bicyclic) bond motifs is 1. The van der Waals surface area contributed by atoms with Gasteiger partial charge in [0.1, 0.15) is 0 Å². The average molecular weight is 186 g/mol. The van der Waals surface area contributed by atoms with Gasteiger partial charge in [-0.05, 0) is 24.1 Å². The third kappa shape index (κ3) is 1.39. The van der Waals surface area contributed by atoms with Crippen LogP contribution in [0.4, 0.5) is 0 Å². The molecule has 0 fully saturated rings. The summed E-state index contributed by atoms with van der Waals surface area (Å²) in [6, 6.07) is 7.41. The molecule has 0 N–H and O–H groups in total. The first kappa shape index (κ1) is 8.88. The molecule has 0 spiro atoms. The van der Waals surface area contributed by atoms with Gasteiger partial charge in [0.25, 0.3) is 0 Å². The van der Waals surface area contributed by atoms with Gasteiger partial charge in [-0.1, -0.05) is 24.3 Å². The van der Waals surface area contributed by atoms with Gasteiger partial charge in [0.05, 0.1) is 0 Å². The lowest BCUT2D eigenvalue weighted by Crippen LogP contribution is -1.89. The van der Waals surface area contributed by atoms with Crippen LogP contribution in [0.2, 0.25) is 0 Å². The zero-order valence-corrected chi connectivity index (χ0v) is 7.91. The Bertz CT molecular complexity index is 441. The van der Waals surface area contributed by atoms with E-state index in [4.69, 9.17) is 0 Å². The molecule has 2 nitrogen and oxygen atoms in total. The summed E-state index contributed by atoms with van der Waals surface area (Å²) in [6.45, 7) is 1.50. The maximum atomic E-state index is 11.5. The van der Waals surface area contributed by atoms with Crippen molar-refractivity contribution in [1.29, 1.82) is 0 Å². The molecule has 1 aliphatic rings. The van der Waals surface area contributed by atoms with Gasteiger partial charge in [-0.15, -0.1) is 0 Å². The monoisotopic (exact) mass is 186 g/mol. The van der Waals surface area contributed by atoms with Crippen molar-refractivity contribution in [1.82, 2.24) is 0 Å². The van der Waals surface area contributed by atoms with Crippen molar-refractivity contribution in [3.8, 4) is 0 Å². The molecule has 0 atom stereocenters. The smallest absolute Gasteiger partial charge is 0.167 e. The summed E-state index contributed by atoms with van der Waals surface area (Å²) >= 11 is 0. The number of carbonyl (C=O) groups is 2. The van der Waals surface area contributed by atoms with E-state index < -0.39 is 0 Å².